The van der Waals surface area contributed by atoms with Gasteiger partial charge < -0.3 is 9.47 Å². The van der Waals surface area contributed by atoms with Gasteiger partial charge in [-0.15, -0.1) is 11.3 Å². The summed E-state index contributed by atoms with van der Waals surface area (Å²) in [5.74, 6) is 1.51. The van der Waals surface area contributed by atoms with Crippen LogP contribution in [0.25, 0.3) is 0 Å². The second kappa shape index (κ2) is 7.40. The molecule has 3 aliphatic rings. The molecule has 1 aliphatic carbocycles. The molecule has 1 aromatic heterocycles. The first kappa shape index (κ1) is 17.0. The number of aryl methyl sites for hydroxylation is 1. The van der Waals surface area contributed by atoms with Crippen LogP contribution in [0.2, 0.25) is 0 Å². The molecule has 3 heterocycles. The normalized spacial score (nSPS) is 27.1. The van der Waals surface area contributed by atoms with Crippen LogP contribution in [0.1, 0.15) is 49.1 Å². The maximum atomic E-state index is 6.19. The molecule has 3 fully saturated rings. The molecule has 5 heteroatoms. The molecule has 4 rings (SSSR count). The number of likely N-dealkylation sites (tertiary alicyclic amines) is 1. The van der Waals surface area contributed by atoms with Gasteiger partial charge in [0.25, 0.3) is 0 Å². The van der Waals surface area contributed by atoms with Crippen molar-refractivity contribution >= 4 is 11.3 Å². The number of nitrogens with zero attached hydrogens (tertiary/aromatic N) is 2. The maximum absolute atomic E-state index is 6.19. The zero-order chi connectivity index (χ0) is 16.4. The highest BCUT2D eigenvalue weighted by atomic mass is 32.1. The third-order valence-electron chi connectivity index (χ3n) is 6.23. The Bertz CT molecular complexity index is 535. The minimum atomic E-state index is 0.120. The Morgan fingerprint density at radius 1 is 1.33 bits per heavy atom. The van der Waals surface area contributed by atoms with Crippen LogP contribution in [0.4, 0.5) is 0 Å². The predicted molar refractivity (Wildman–Crippen MR) is 96.3 cm³/mol. The van der Waals surface area contributed by atoms with E-state index in [2.05, 4.69) is 16.8 Å². The Balaban J connectivity index is 1.20. The molecule has 0 aromatic carbocycles. The molecule has 134 valence electrons. The highest BCUT2D eigenvalue weighted by molar-refractivity contribution is 7.09. The minimum Gasteiger partial charge on any atom is -0.381 e. The van der Waals surface area contributed by atoms with Gasteiger partial charge in [-0.3, -0.25) is 4.90 Å². The lowest BCUT2D eigenvalue weighted by Gasteiger charge is -2.50. The van der Waals surface area contributed by atoms with E-state index in [-0.39, 0.29) is 5.60 Å². The summed E-state index contributed by atoms with van der Waals surface area (Å²) in [6.45, 7) is 8.14. The van der Waals surface area contributed by atoms with E-state index in [9.17, 15) is 0 Å². The second-order valence-electron chi connectivity index (χ2n) is 7.92. The van der Waals surface area contributed by atoms with E-state index in [0.717, 1.165) is 45.4 Å². The standard InChI is InChI=1S/C19H30N2O2S/c1-15-18(24-14-20-15)10-21-12-19(13-21)17(7-9-23-19)6-8-22-11-16-4-2-3-5-16/h14,16-17H,2-13H2,1H3/t17-/m1/s1. The largest absolute Gasteiger partial charge is 0.381 e. The molecule has 0 unspecified atom stereocenters. The minimum absolute atomic E-state index is 0.120. The number of rotatable bonds is 7. The van der Waals surface area contributed by atoms with Crippen molar-refractivity contribution in [1.29, 1.82) is 0 Å². The summed E-state index contributed by atoms with van der Waals surface area (Å²) in [6, 6.07) is 0. The Hall–Kier alpha value is -0.490. The molecule has 1 saturated carbocycles. The van der Waals surface area contributed by atoms with E-state index >= 15 is 0 Å². The third-order valence-corrected chi connectivity index (χ3v) is 7.15. The van der Waals surface area contributed by atoms with Crippen LogP contribution < -0.4 is 0 Å². The molecule has 0 amide bonds. The average molecular weight is 351 g/mol. The zero-order valence-corrected chi connectivity index (χ0v) is 15.7. The highest BCUT2D eigenvalue weighted by Crippen LogP contribution is 2.42. The molecule has 24 heavy (non-hydrogen) atoms. The van der Waals surface area contributed by atoms with E-state index in [1.54, 1.807) is 11.3 Å². The summed E-state index contributed by atoms with van der Waals surface area (Å²) in [5, 5.41) is 0. The first-order valence-electron chi connectivity index (χ1n) is 9.58. The molecule has 4 nitrogen and oxygen atoms in total. The van der Waals surface area contributed by atoms with Crippen molar-refractivity contribution in [2.24, 2.45) is 11.8 Å². The number of thiazole rings is 1. The lowest BCUT2D eigenvalue weighted by Crippen LogP contribution is -2.64. The monoisotopic (exact) mass is 350 g/mol. The summed E-state index contributed by atoms with van der Waals surface area (Å²) in [6.07, 6.45) is 7.94. The van der Waals surface area contributed by atoms with Gasteiger partial charge in [0.1, 0.15) is 0 Å². The molecule has 1 atom stereocenters. The van der Waals surface area contributed by atoms with Crippen molar-refractivity contribution in [3.63, 3.8) is 0 Å². The second-order valence-corrected chi connectivity index (χ2v) is 8.86. The van der Waals surface area contributed by atoms with Crippen LogP contribution >= 0.6 is 11.3 Å². The van der Waals surface area contributed by atoms with Crippen LogP contribution in [0.3, 0.4) is 0 Å². The molecular formula is C19H30N2O2S. The smallest absolute Gasteiger partial charge is 0.0964 e. The van der Waals surface area contributed by atoms with E-state index in [1.165, 1.54) is 49.1 Å². The molecular weight excluding hydrogens is 320 g/mol. The van der Waals surface area contributed by atoms with Gasteiger partial charge in [-0.25, -0.2) is 4.98 Å². The van der Waals surface area contributed by atoms with Crippen LogP contribution in [0, 0.1) is 18.8 Å². The van der Waals surface area contributed by atoms with Gasteiger partial charge in [-0.2, -0.15) is 0 Å². The van der Waals surface area contributed by atoms with E-state index in [4.69, 9.17) is 9.47 Å². The molecule has 2 aliphatic heterocycles. The Morgan fingerprint density at radius 3 is 2.92 bits per heavy atom. The van der Waals surface area contributed by atoms with Crippen molar-refractivity contribution < 1.29 is 9.47 Å². The molecule has 1 spiro atoms. The Morgan fingerprint density at radius 2 is 2.17 bits per heavy atom. The van der Waals surface area contributed by atoms with Gasteiger partial charge in [-0.1, -0.05) is 12.8 Å². The fraction of sp³-hybridized carbons (Fsp3) is 0.842. The summed E-state index contributed by atoms with van der Waals surface area (Å²) >= 11 is 1.77. The molecule has 0 N–H and O–H groups in total. The SMILES string of the molecule is Cc1ncsc1CN1CC2(C1)OCC[C@H]2CCOCC1CCCC1. The number of hydrogen-bond acceptors (Lipinski definition) is 5. The third kappa shape index (κ3) is 3.55. The van der Waals surface area contributed by atoms with Crippen LogP contribution in [-0.2, 0) is 16.0 Å². The van der Waals surface area contributed by atoms with Gasteiger partial charge >= 0.3 is 0 Å². The maximum Gasteiger partial charge on any atom is 0.0964 e. The van der Waals surface area contributed by atoms with Crippen LogP contribution in [0.15, 0.2) is 5.51 Å². The molecule has 0 radical (unpaired) electrons. The van der Waals surface area contributed by atoms with Crippen molar-refractivity contribution in [3.05, 3.63) is 16.1 Å². The van der Waals surface area contributed by atoms with Gasteiger partial charge in [0, 0.05) is 44.3 Å². The van der Waals surface area contributed by atoms with Crippen molar-refractivity contribution in [2.75, 3.05) is 32.9 Å². The van der Waals surface area contributed by atoms with Gasteiger partial charge in [0.05, 0.1) is 16.8 Å². The molecule has 2 saturated heterocycles. The zero-order valence-electron chi connectivity index (χ0n) is 14.8. The highest BCUT2D eigenvalue weighted by Gasteiger charge is 2.52. The fourth-order valence-corrected chi connectivity index (χ4v) is 5.52. The first-order valence-corrected chi connectivity index (χ1v) is 10.5. The average Bonchev–Trinajstić information content (AvgIpc) is 3.26. The summed E-state index contributed by atoms with van der Waals surface area (Å²) in [5.41, 5.74) is 3.26. The lowest BCUT2D eigenvalue weighted by atomic mass is 9.79. The summed E-state index contributed by atoms with van der Waals surface area (Å²) in [7, 11) is 0. The molecule has 1 aromatic rings. The number of ether oxygens (including phenoxy) is 2. The van der Waals surface area contributed by atoms with Crippen LogP contribution in [0.5, 0.6) is 0 Å². The topological polar surface area (TPSA) is 34.6 Å². The van der Waals surface area contributed by atoms with Crippen molar-refractivity contribution in [3.8, 4) is 0 Å². The lowest BCUT2D eigenvalue weighted by molar-refractivity contribution is -0.139. The van der Waals surface area contributed by atoms with Crippen molar-refractivity contribution in [2.45, 2.75) is 57.6 Å². The Labute approximate surface area is 149 Å². The summed E-state index contributed by atoms with van der Waals surface area (Å²) in [4.78, 5) is 8.27. The molecule has 0 bridgehead atoms. The van der Waals surface area contributed by atoms with Gasteiger partial charge in [0.15, 0.2) is 0 Å². The summed E-state index contributed by atoms with van der Waals surface area (Å²) < 4.78 is 12.2. The van der Waals surface area contributed by atoms with Crippen LogP contribution in [-0.4, -0.2) is 48.4 Å². The first-order chi connectivity index (χ1) is 11.8. The van der Waals surface area contributed by atoms with E-state index < -0.39 is 0 Å². The van der Waals surface area contributed by atoms with Gasteiger partial charge in [-0.05, 0) is 44.4 Å². The van der Waals surface area contributed by atoms with E-state index in [1.807, 2.05) is 5.51 Å². The quantitative estimate of drug-likeness (QED) is 0.703. The number of hydrogen-bond donors (Lipinski definition) is 0. The fourth-order valence-electron chi connectivity index (χ4n) is 4.70. The van der Waals surface area contributed by atoms with Gasteiger partial charge in [0.2, 0.25) is 0 Å². The number of aromatic nitrogens is 1. The van der Waals surface area contributed by atoms with Crippen molar-refractivity contribution in [1.82, 2.24) is 9.88 Å². The Kier molecular flexibility index (Phi) is 5.23. The van der Waals surface area contributed by atoms with E-state index in [0.29, 0.717) is 5.92 Å². The predicted octanol–water partition coefficient (Wildman–Crippen LogP) is 3.64.